The number of Topliss-reactive ketones (excluding diaryl/α,β-unsaturated/α-hetero) is 1. The Labute approximate surface area is 132 Å². The lowest BCUT2D eigenvalue weighted by Crippen LogP contribution is -2.58. The predicted octanol–water partition coefficient (Wildman–Crippen LogP) is 1.27. The molecule has 22 heavy (non-hydrogen) atoms. The average Bonchev–Trinajstić information content (AvgIpc) is 2.55. The fraction of sp³-hybridized carbons (Fsp3) is 0.588. The van der Waals surface area contributed by atoms with E-state index in [9.17, 15) is 4.79 Å². The Hall–Kier alpha value is -1.43. The molecule has 0 aliphatic carbocycles. The van der Waals surface area contributed by atoms with E-state index >= 15 is 0 Å². The van der Waals surface area contributed by atoms with Crippen molar-refractivity contribution in [3.05, 3.63) is 29.8 Å². The first-order valence-electron chi connectivity index (χ1n) is 7.76. The molecule has 0 unspecified atom stereocenters. The van der Waals surface area contributed by atoms with Crippen molar-refractivity contribution in [2.75, 3.05) is 46.4 Å². The van der Waals surface area contributed by atoms with Gasteiger partial charge < -0.3 is 9.84 Å². The lowest BCUT2D eigenvalue weighted by molar-refractivity contribution is 0.0380. The SMILES string of the molecule is COc1ccc(C(=O)C(C)(C)N2CCN(CCO)CC2)cc1. The van der Waals surface area contributed by atoms with Gasteiger partial charge in [0.15, 0.2) is 5.78 Å². The Bertz CT molecular complexity index is 491. The minimum Gasteiger partial charge on any atom is -0.497 e. The van der Waals surface area contributed by atoms with Crippen LogP contribution in [0.4, 0.5) is 0 Å². The summed E-state index contributed by atoms with van der Waals surface area (Å²) in [6, 6.07) is 7.29. The second-order valence-electron chi connectivity index (χ2n) is 6.17. The zero-order chi connectivity index (χ0) is 16.2. The zero-order valence-electron chi connectivity index (χ0n) is 13.7. The van der Waals surface area contributed by atoms with E-state index in [2.05, 4.69) is 9.80 Å². The first-order valence-corrected chi connectivity index (χ1v) is 7.76. The highest BCUT2D eigenvalue weighted by Gasteiger charge is 2.36. The van der Waals surface area contributed by atoms with Gasteiger partial charge in [0.25, 0.3) is 0 Å². The number of aliphatic hydroxyl groups is 1. The normalized spacial score (nSPS) is 17.5. The van der Waals surface area contributed by atoms with Gasteiger partial charge in [-0.15, -0.1) is 0 Å². The van der Waals surface area contributed by atoms with E-state index in [0.29, 0.717) is 12.1 Å². The van der Waals surface area contributed by atoms with Gasteiger partial charge in [0, 0.05) is 38.3 Å². The first kappa shape index (κ1) is 16.9. The van der Waals surface area contributed by atoms with Gasteiger partial charge in [-0.2, -0.15) is 0 Å². The zero-order valence-corrected chi connectivity index (χ0v) is 13.7. The number of benzene rings is 1. The van der Waals surface area contributed by atoms with E-state index in [4.69, 9.17) is 9.84 Å². The van der Waals surface area contributed by atoms with Crippen molar-refractivity contribution < 1.29 is 14.6 Å². The van der Waals surface area contributed by atoms with Gasteiger partial charge >= 0.3 is 0 Å². The van der Waals surface area contributed by atoms with Gasteiger partial charge in [0.05, 0.1) is 19.3 Å². The Morgan fingerprint density at radius 3 is 2.27 bits per heavy atom. The summed E-state index contributed by atoms with van der Waals surface area (Å²) in [7, 11) is 1.62. The predicted molar refractivity (Wildman–Crippen MR) is 86.5 cm³/mol. The summed E-state index contributed by atoms with van der Waals surface area (Å²) in [4.78, 5) is 17.3. The molecule has 1 saturated heterocycles. The number of aliphatic hydroxyl groups excluding tert-OH is 1. The fourth-order valence-electron chi connectivity index (χ4n) is 2.91. The van der Waals surface area contributed by atoms with Crippen molar-refractivity contribution in [2.45, 2.75) is 19.4 Å². The third kappa shape index (κ3) is 3.66. The standard InChI is InChI=1S/C17H26N2O3/c1-17(2,19-10-8-18(9-11-19)12-13-20)16(21)14-4-6-15(22-3)7-5-14/h4-7,20H,8-13H2,1-3H3. The molecule has 0 amide bonds. The molecule has 0 aromatic heterocycles. The Morgan fingerprint density at radius 2 is 1.77 bits per heavy atom. The number of piperazine rings is 1. The van der Waals surface area contributed by atoms with E-state index in [1.807, 2.05) is 38.1 Å². The molecule has 5 nitrogen and oxygen atoms in total. The summed E-state index contributed by atoms with van der Waals surface area (Å²) in [5, 5.41) is 9.00. The summed E-state index contributed by atoms with van der Waals surface area (Å²) in [6.07, 6.45) is 0. The number of rotatable bonds is 6. The van der Waals surface area contributed by atoms with Gasteiger partial charge in [-0.3, -0.25) is 14.6 Å². The molecule has 1 N–H and O–H groups in total. The van der Waals surface area contributed by atoms with E-state index in [1.54, 1.807) is 7.11 Å². The van der Waals surface area contributed by atoms with Crippen molar-refractivity contribution in [2.24, 2.45) is 0 Å². The summed E-state index contributed by atoms with van der Waals surface area (Å²) in [5.41, 5.74) is 0.184. The van der Waals surface area contributed by atoms with Gasteiger partial charge in [-0.25, -0.2) is 0 Å². The smallest absolute Gasteiger partial charge is 0.182 e. The molecular formula is C17H26N2O3. The van der Waals surface area contributed by atoms with Crippen LogP contribution in [0.25, 0.3) is 0 Å². The van der Waals surface area contributed by atoms with Crippen LogP contribution in [-0.4, -0.2) is 72.7 Å². The van der Waals surface area contributed by atoms with Gasteiger partial charge in [-0.05, 0) is 38.1 Å². The third-order valence-corrected chi connectivity index (χ3v) is 4.49. The lowest BCUT2D eigenvalue weighted by atomic mass is 9.90. The fourth-order valence-corrected chi connectivity index (χ4v) is 2.91. The molecule has 0 radical (unpaired) electrons. The first-order chi connectivity index (χ1) is 10.5. The minimum absolute atomic E-state index is 0.130. The van der Waals surface area contributed by atoms with Crippen molar-refractivity contribution in [3.63, 3.8) is 0 Å². The maximum Gasteiger partial charge on any atom is 0.182 e. The Kier molecular flexibility index (Phi) is 5.56. The molecule has 1 aliphatic rings. The van der Waals surface area contributed by atoms with Crippen molar-refractivity contribution in [1.82, 2.24) is 9.80 Å². The van der Waals surface area contributed by atoms with Gasteiger partial charge in [0.2, 0.25) is 0 Å². The maximum absolute atomic E-state index is 12.8. The number of methoxy groups -OCH3 is 1. The van der Waals surface area contributed by atoms with Crippen LogP contribution in [0.2, 0.25) is 0 Å². The molecule has 0 bridgehead atoms. The second kappa shape index (κ2) is 7.22. The number of carbonyl (C=O) groups is 1. The number of hydrogen-bond donors (Lipinski definition) is 1. The molecular weight excluding hydrogens is 280 g/mol. The molecule has 1 aliphatic heterocycles. The highest BCUT2D eigenvalue weighted by Crippen LogP contribution is 2.23. The molecule has 122 valence electrons. The molecule has 0 spiro atoms. The van der Waals surface area contributed by atoms with Crippen LogP contribution in [-0.2, 0) is 0 Å². The molecule has 2 rings (SSSR count). The van der Waals surface area contributed by atoms with Crippen LogP contribution in [0.5, 0.6) is 5.75 Å². The molecule has 5 heteroatoms. The minimum atomic E-state index is -0.528. The number of ether oxygens (including phenoxy) is 1. The number of carbonyl (C=O) groups excluding carboxylic acids is 1. The molecule has 0 saturated carbocycles. The highest BCUT2D eigenvalue weighted by molar-refractivity contribution is 6.02. The monoisotopic (exact) mass is 306 g/mol. The van der Waals surface area contributed by atoms with Crippen LogP contribution >= 0.6 is 0 Å². The molecule has 1 heterocycles. The van der Waals surface area contributed by atoms with Crippen molar-refractivity contribution >= 4 is 5.78 Å². The van der Waals surface area contributed by atoms with Gasteiger partial charge in [-0.1, -0.05) is 0 Å². The number of β-amino-alcohol motifs (C(OH)–C–C–N with tert-alkyl or cyclic N) is 1. The Morgan fingerprint density at radius 1 is 1.18 bits per heavy atom. The molecule has 1 aromatic rings. The lowest BCUT2D eigenvalue weighted by Gasteiger charge is -2.43. The van der Waals surface area contributed by atoms with Crippen LogP contribution in [0.15, 0.2) is 24.3 Å². The highest BCUT2D eigenvalue weighted by atomic mass is 16.5. The third-order valence-electron chi connectivity index (χ3n) is 4.49. The summed E-state index contributed by atoms with van der Waals surface area (Å²) >= 11 is 0. The van der Waals surface area contributed by atoms with Crippen LogP contribution in [0.1, 0.15) is 24.2 Å². The van der Waals surface area contributed by atoms with E-state index in [-0.39, 0.29) is 12.4 Å². The van der Waals surface area contributed by atoms with Crippen molar-refractivity contribution in [3.8, 4) is 5.75 Å². The Balaban J connectivity index is 2.04. The summed E-state index contributed by atoms with van der Waals surface area (Å²) in [5.74, 6) is 0.887. The van der Waals surface area contributed by atoms with E-state index in [1.165, 1.54) is 0 Å². The van der Waals surface area contributed by atoms with E-state index in [0.717, 1.165) is 31.9 Å². The number of hydrogen-bond acceptors (Lipinski definition) is 5. The summed E-state index contributed by atoms with van der Waals surface area (Å²) < 4.78 is 5.14. The molecule has 1 aromatic carbocycles. The molecule has 1 fully saturated rings. The van der Waals surface area contributed by atoms with E-state index < -0.39 is 5.54 Å². The molecule has 0 atom stereocenters. The maximum atomic E-state index is 12.8. The number of nitrogens with zero attached hydrogens (tertiary/aromatic N) is 2. The van der Waals surface area contributed by atoms with Crippen LogP contribution in [0, 0.1) is 0 Å². The average molecular weight is 306 g/mol. The topological polar surface area (TPSA) is 53.0 Å². The van der Waals surface area contributed by atoms with Gasteiger partial charge in [0.1, 0.15) is 5.75 Å². The summed E-state index contributed by atoms with van der Waals surface area (Å²) in [6.45, 7) is 8.33. The van der Waals surface area contributed by atoms with Crippen LogP contribution in [0.3, 0.4) is 0 Å². The second-order valence-corrected chi connectivity index (χ2v) is 6.17. The quantitative estimate of drug-likeness (QED) is 0.802. The van der Waals surface area contributed by atoms with Crippen molar-refractivity contribution in [1.29, 1.82) is 0 Å². The largest absolute Gasteiger partial charge is 0.497 e. The van der Waals surface area contributed by atoms with Crippen LogP contribution < -0.4 is 4.74 Å². The number of ketones is 1.